The van der Waals surface area contributed by atoms with Crippen molar-refractivity contribution in [3.63, 3.8) is 0 Å². The van der Waals surface area contributed by atoms with Gasteiger partial charge < -0.3 is 15.0 Å². The van der Waals surface area contributed by atoms with Gasteiger partial charge in [-0.1, -0.05) is 0 Å². The number of nitrogens with one attached hydrogen (secondary N) is 1. The van der Waals surface area contributed by atoms with Crippen LogP contribution >= 0.6 is 0 Å². The predicted octanol–water partition coefficient (Wildman–Crippen LogP) is 1.45. The Hall–Kier alpha value is -1.07. The molecule has 0 aliphatic carbocycles. The van der Waals surface area contributed by atoms with Gasteiger partial charge in [0.05, 0.1) is 12.3 Å². The van der Waals surface area contributed by atoms with Crippen LogP contribution < -0.4 is 10.2 Å². The van der Waals surface area contributed by atoms with Gasteiger partial charge in [0.15, 0.2) is 0 Å². The van der Waals surface area contributed by atoms with Crippen molar-refractivity contribution >= 4 is 5.82 Å². The highest BCUT2D eigenvalue weighted by atomic mass is 16.5. The molecule has 0 unspecified atom stereocenters. The lowest BCUT2D eigenvalue weighted by atomic mass is 10.1. The molecule has 0 amide bonds. The summed E-state index contributed by atoms with van der Waals surface area (Å²) in [6.07, 6.45) is 3.94. The largest absolute Gasteiger partial charge is 0.383 e. The van der Waals surface area contributed by atoms with Crippen LogP contribution in [0.5, 0.6) is 0 Å². The summed E-state index contributed by atoms with van der Waals surface area (Å²) in [4.78, 5) is 2.48. The fraction of sp³-hybridized carbons (Fsp3) is 0.786. The molecule has 0 aromatic carbocycles. The number of aromatic nitrogens is 2. The maximum absolute atomic E-state index is 5.07. The first-order valence-electron chi connectivity index (χ1n) is 7.21. The van der Waals surface area contributed by atoms with Gasteiger partial charge in [0.2, 0.25) is 0 Å². The van der Waals surface area contributed by atoms with Crippen molar-refractivity contribution in [1.29, 1.82) is 0 Å². The van der Waals surface area contributed by atoms with E-state index in [1.165, 1.54) is 30.6 Å². The highest BCUT2D eigenvalue weighted by Crippen LogP contribution is 2.26. The maximum Gasteiger partial charge on any atom is 0.131 e. The van der Waals surface area contributed by atoms with Gasteiger partial charge in [0.25, 0.3) is 0 Å². The van der Waals surface area contributed by atoms with Crippen LogP contribution in [0.15, 0.2) is 0 Å². The molecule has 1 aromatic heterocycles. The van der Waals surface area contributed by atoms with Crippen LogP contribution in [-0.2, 0) is 18.3 Å². The summed E-state index contributed by atoms with van der Waals surface area (Å²) in [5, 5.41) is 8.02. The quantitative estimate of drug-likeness (QED) is 0.792. The number of aryl methyl sites for hydroxylation is 2. The molecule has 2 rings (SSSR count). The van der Waals surface area contributed by atoms with Crippen molar-refractivity contribution < 1.29 is 4.74 Å². The molecular formula is C14H26N4O. The minimum absolute atomic E-state index is 0.748. The zero-order valence-corrected chi connectivity index (χ0v) is 12.4. The van der Waals surface area contributed by atoms with Gasteiger partial charge in [-0.3, -0.25) is 4.68 Å². The second-order valence-corrected chi connectivity index (χ2v) is 5.23. The number of hydrogen-bond donors (Lipinski definition) is 1. The van der Waals surface area contributed by atoms with Crippen molar-refractivity contribution in [3.8, 4) is 0 Å². The molecule has 1 aromatic rings. The Labute approximate surface area is 115 Å². The molecule has 1 saturated heterocycles. The lowest BCUT2D eigenvalue weighted by molar-refractivity contribution is 0.199. The van der Waals surface area contributed by atoms with E-state index in [0.29, 0.717) is 0 Å². The van der Waals surface area contributed by atoms with E-state index in [1.54, 1.807) is 7.11 Å². The van der Waals surface area contributed by atoms with Gasteiger partial charge in [-0.05, 0) is 26.2 Å². The fourth-order valence-corrected chi connectivity index (χ4v) is 2.79. The number of methoxy groups -OCH3 is 1. The third kappa shape index (κ3) is 3.48. The first kappa shape index (κ1) is 14.3. The zero-order valence-electron chi connectivity index (χ0n) is 12.4. The molecule has 1 aliphatic rings. The molecule has 1 aliphatic heterocycles. The molecule has 108 valence electrons. The number of rotatable bonds is 6. The van der Waals surface area contributed by atoms with Crippen LogP contribution in [0, 0.1) is 6.92 Å². The Morgan fingerprint density at radius 2 is 2.00 bits per heavy atom. The first-order valence-corrected chi connectivity index (χ1v) is 7.21. The van der Waals surface area contributed by atoms with Crippen LogP contribution in [-0.4, -0.2) is 43.1 Å². The highest BCUT2D eigenvalue weighted by molar-refractivity contribution is 5.50. The summed E-state index contributed by atoms with van der Waals surface area (Å²) in [5.41, 5.74) is 2.47. The molecule has 1 N–H and O–H groups in total. The monoisotopic (exact) mass is 266 g/mol. The smallest absolute Gasteiger partial charge is 0.131 e. The number of hydrogen-bond acceptors (Lipinski definition) is 4. The highest BCUT2D eigenvalue weighted by Gasteiger charge is 2.20. The Kier molecular flexibility index (Phi) is 5.22. The van der Waals surface area contributed by atoms with E-state index in [1.807, 2.05) is 4.68 Å². The van der Waals surface area contributed by atoms with Crippen molar-refractivity contribution in [2.75, 3.05) is 38.3 Å². The Balaban J connectivity index is 2.07. The minimum Gasteiger partial charge on any atom is -0.383 e. The van der Waals surface area contributed by atoms with E-state index in [9.17, 15) is 0 Å². The molecule has 0 bridgehead atoms. The molecule has 19 heavy (non-hydrogen) atoms. The molecular weight excluding hydrogens is 240 g/mol. The van der Waals surface area contributed by atoms with Crippen LogP contribution in [0.2, 0.25) is 0 Å². The van der Waals surface area contributed by atoms with Crippen molar-refractivity contribution in [1.82, 2.24) is 15.1 Å². The van der Waals surface area contributed by atoms with Gasteiger partial charge in [0, 0.05) is 45.9 Å². The predicted molar refractivity (Wildman–Crippen MR) is 77.6 cm³/mol. The van der Waals surface area contributed by atoms with E-state index in [0.717, 1.165) is 38.5 Å². The lowest BCUT2D eigenvalue weighted by Gasteiger charge is -2.29. The summed E-state index contributed by atoms with van der Waals surface area (Å²) >= 11 is 0. The van der Waals surface area contributed by atoms with E-state index >= 15 is 0 Å². The molecule has 2 heterocycles. The van der Waals surface area contributed by atoms with Crippen molar-refractivity contribution in [2.24, 2.45) is 7.05 Å². The second kappa shape index (κ2) is 6.91. The summed E-state index contributed by atoms with van der Waals surface area (Å²) in [5.74, 6) is 1.29. The topological polar surface area (TPSA) is 42.3 Å². The second-order valence-electron chi connectivity index (χ2n) is 5.23. The molecule has 5 heteroatoms. The van der Waals surface area contributed by atoms with Crippen molar-refractivity contribution in [2.45, 2.75) is 32.7 Å². The third-order valence-corrected chi connectivity index (χ3v) is 3.75. The third-order valence-electron chi connectivity index (χ3n) is 3.75. The number of nitrogens with zero attached hydrogens (tertiary/aromatic N) is 3. The Morgan fingerprint density at radius 3 is 2.68 bits per heavy atom. The summed E-state index contributed by atoms with van der Waals surface area (Å²) in [7, 11) is 3.78. The average molecular weight is 266 g/mol. The fourth-order valence-electron chi connectivity index (χ4n) is 2.79. The standard InChI is InChI=1S/C14H26N4O/c1-12-13(11-15-7-10-19-3)14(17(2)16-12)18-8-5-4-6-9-18/h15H,4-11H2,1-3H3. The van der Waals surface area contributed by atoms with Gasteiger partial charge in [-0.2, -0.15) is 5.10 Å². The SMILES string of the molecule is COCCNCc1c(C)nn(C)c1N1CCCCC1. The van der Waals surface area contributed by atoms with E-state index in [2.05, 4.69) is 29.3 Å². The molecule has 1 fully saturated rings. The van der Waals surface area contributed by atoms with Gasteiger partial charge >= 0.3 is 0 Å². The van der Waals surface area contributed by atoms with Crippen LogP contribution in [0.1, 0.15) is 30.5 Å². The number of ether oxygens (including phenoxy) is 1. The summed E-state index contributed by atoms with van der Waals surface area (Å²) in [6, 6.07) is 0. The van der Waals surface area contributed by atoms with Crippen LogP contribution in [0.4, 0.5) is 5.82 Å². The average Bonchev–Trinajstić information content (AvgIpc) is 2.70. The van der Waals surface area contributed by atoms with Gasteiger partial charge in [0.1, 0.15) is 5.82 Å². The maximum atomic E-state index is 5.07. The molecule has 5 nitrogen and oxygen atoms in total. The summed E-state index contributed by atoms with van der Waals surface area (Å²) in [6.45, 7) is 6.91. The number of anilines is 1. The van der Waals surface area contributed by atoms with Gasteiger partial charge in [-0.15, -0.1) is 0 Å². The van der Waals surface area contributed by atoms with Crippen LogP contribution in [0.3, 0.4) is 0 Å². The Morgan fingerprint density at radius 1 is 1.26 bits per heavy atom. The zero-order chi connectivity index (χ0) is 13.7. The number of piperidine rings is 1. The molecule has 0 radical (unpaired) electrons. The van der Waals surface area contributed by atoms with Crippen molar-refractivity contribution in [3.05, 3.63) is 11.3 Å². The minimum atomic E-state index is 0.748. The van der Waals surface area contributed by atoms with Crippen LogP contribution in [0.25, 0.3) is 0 Å². The van der Waals surface area contributed by atoms with E-state index in [-0.39, 0.29) is 0 Å². The molecule has 0 spiro atoms. The molecule has 0 saturated carbocycles. The Bertz CT molecular complexity index is 396. The summed E-state index contributed by atoms with van der Waals surface area (Å²) < 4.78 is 7.10. The lowest BCUT2D eigenvalue weighted by Crippen LogP contribution is -2.32. The van der Waals surface area contributed by atoms with E-state index < -0.39 is 0 Å². The van der Waals surface area contributed by atoms with Gasteiger partial charge in [-0.25, -0.2) is 0 Å². The van der Waals surface area contributed by atoms with E-state index in [4.69, 9.17) is 4.74 Å². The molecule has 0 atom stereocenters. The first-order chi connectivity index (χ1) is 9.24. The normalized spacial score (nSPS) is 16.1.